The first-order chi connectivity index (χ1) is 16.5. The summed E-state index contributed by atoms with van der Waals surface area (Å²) < 4.78 is 16.8. The number of methoxy groups -OCH3 is 1. The van der Waals surface area contributed by atoms with Gasteiger partial charge in [0.2, 0.25) is 0 Å². The number of aryl methyl sites for hydroxylation is 2. The van der Waals surface area contributed by atoms with E-state index < -0.39 is 17.7 Å². The fraction of sp³-hybridized carbons (Fsp3) is 0.259. The molecule has 0 aliphatic carbocycles. The van der Waals surface area contributed by atoms with Crippen molar-refractivity contribution in [2.24, 2.45) is 0 Å². The maximum absolute atomic E-state index is 13.2. The molecule has 1 aromatic heterocycles. The number of furan rings is 1. The quantitative estimate of drug-likeness (QED) is 0.342. The van der Waals surface area contributed by atoms with Gasteiger partial charge in [0.15, 0.2) is 0 Å². The van der Waals surface area contributed by atoms with E-state index in [1.807, 2.05) is 30.3 Å². The van der Waals surface area contributed by atoms with Crippen molar-refractivity contribution in [3.63, 3.8) is 0 Å². The van der Waals surface area contributed by atoms with Crippen LogP contribution >= 0.6 is 0 Å². The Balaban J connectivity index is 1.60. The number of hydrogen-bond acceptors (Lipinski definition) is 6. The minimum Gasteiger partial charge on any atom is -0.507 e. The van der Waals surface area contributed by atoms with E-state index >= 15 is 0 Å². The van der Waals surface area contributed by atoms with Gasteiger partial charge < -0.3 is 23.9 Å². The molecule has 0 saturated carbocycles. The Labute approximate surface area is 197 Å². The number of aliphatic hydroxyl groups excluding tert-OH is 1. The molecule has 7 heteroatoms. The molecule has 1 atom stereocenters. The van der Waals surface area contributed by atoms with E-state index in [9.17, 15) is 14.7 Å². The van der Waals surface area contributed by atoms with Crippen molar-refractivity contribution in [3.8, 4) is 11.5 Å². The molecule has 174 valence electrons. The summed E-state index contributed by atoms with van der Waals surface area (Å²) in [5.41, 5.74) is 2.24. The molecule has 7 nitrogen and oxygen atoms in total. The highest BCUT2D eigenvalue weighted by Crippen LogP contribution is 2.41. The fourth-order valence-electron chi connectivity index (χ4n) is 4.57. The van der Waals surface area contributed by atoms with Gasteiger partial charge in [-0.25, -0.2) is 0 Å². The number of rotatable bonds is 5. The molecule has 0 bridgehead atoms. The summed E-state index contributed by atoms with van der Waals surface area (Å²) in [4.78, 5) is 27.8. The summed E-state index contributed by atoms with van der Waals surface area (Å²) >= 11 is 0. The monoisotopic (exact) mass is 459 g/mol. The van der Waals surface area contributed by atoms with E-state index in [1.54, 1.807) is 38.3 Å². The molecular weight excluding hydrogens is 434 g/mol. The average molecular weight is 459 g/mol. The van der Waals surface area contributed by atoms with Gasteiger partial charge >= 0.3 is 0 Å². The molecule has 0 spiro atoms. The van der Waals surface area contributed by atoms with Gasteiger partial charge in [-0.3, -0.25) is 9.59 Å². The van der Waals surface area contributed by atoms with Crippen LogP contribution in [-0.4, -0.2) is 35.4 Å². The molecule has 1 amide bonds. The zero-order chi connectivity index (χ0) is 23.8. The largest absolute Gasteiger partial charge is 0.507 e. The van der Waals surface area contributed by atoms with Gasteiger partial charge in [-0.2, -0.15) is 0 Å². The second-order valence-electron chi connectivity index (χ2n) is 8.50. The molecule has 2 aliphatic heterocycles. The molecule has 1 N–H and O–H groups in total. The molecule has 0 radical (unpaired) electrons. The Bertz CT molecular complexity index is 1300. The van der Waals surface area contributed by atoms with E-state index in [0.717, 1.165) is 29.7 Å². The van der Waals surface area contributed by atoms with Crippen molar-refractivity contribution in [1.29, 1.82) is 0 Å². The maximum Gasteiger partial charge on any atom is 0.296 e. The first-order valence-corrected chi connectivity index (χ1v) is 11.2. The van der Waals surface area contributed by atoms with Crippen LogP contribution in [0.3, 0.4) is 0 Å². The highest BCUT2D eigenvalue weighted by atomic mass is 16.5. The summed E-state index contributed by atoms with van der Waals surface area (Å²) in [6, 6.07) is 15.3. The SMILES string of the molecule is COc1cccc(CN2C(=O)C(=O)/C(=C(\O)c3ccc4c(c3)CCCO4)C2c2ccc(C)o2)c1. The minimum atomic E-state index is -0.854. The third kappa shape index (κ3) is 3.83. The van der Waals surface area contributed by atoms with Gasteiger partial charge in [0, 0.05) is 12.1 Å². The van der Waals surface area contributed by atoms with Crippen LogP contribution in [0, 0.1) is 6.92 Å². The lowest BCUT2D eigenvalue weighted by atomic mass is 9.96. The molecule has 34 heavy (non-hydrogen) atoms. The highest BCUT2D eigenvalue weighted by Gasteiger charge is 2.47. The number of amides is 1. The minimum absolute atomic E-state index is 0.0129. The molecule has 3 aromatic rings. The number of fused-ring (bicyclic) bond motifs is 1. The molecule has 1 fully saturated rings. The number of hydrogen-bond donors (Lipinski definition) is 1. The summed E-state index contributed by atoms with van der Waals surface area (Å²) in [6.07, 6.45) is 1.70. The number of carbonyl (C=O) groups excluding carboxylic acids is 2. The Kier molecular flexibility index (Phi) is 5.61. The van der Waals surface area contributed by atoms with Crippen molar-refractivity contribution in [2.45, 2.75) is 32.4 Å². The molecule has 3 heterocycles. The first-order valence-electron chi connectivity index (χ1n) is 11.2. The Hall–Kier alpha value is -4.00. The predicted molar refractivity (Wildman–Crippen MR) is 125 cm³/mol. The van der Waals surface area contributed by atoms with E-state index in [0.29, 0.717) is 29.4 Å². The lowest BCUT2D eigenvalue weighted by Gasteiger charge is -2.24. The molecule has 2 aliphatic rings. The van der Waals surface area contributed by atoms with Crippen LogP contribution in [0.25, 0.3) is 5.76 Å². The van der Waals surface area contributed by atoms with Crippen molar-refractivity contribution < 1.29 is 28.6 Å². The molecule has 5 rings (SSSR count). The number of nitrogens with zero attached hydrogens (tertiary/aromatic N) is 1. The number of carbonyl (C=O) groups is 2. The molecular formula is C27H25NO6. The van der Waals surface area contributed by atoms with Gasteiger partial charge in [0.25, 0.3) is 11.7 Å². The number of benzene rings is 2. The smallest absolute Gasteiger partial charge is 0.296 e. The highest BCUT2D eigenvalue weighted by molar-refractivity contribution is 6.46. The summed E-state index contributed by atoms with van der Waals surface area (Å²) in [5, 5.41) is 11.3. The second-order valence-corrected chi connectivity index (χ2v) is 8.50. The lowest BCUT2D eigenvalue weighted by Crippen LogP contribution is -2.29. The Morgan fingerprint density at radius 1 is 1.15 bits per heavy atom. The Morgan fingerprint density at radius 3 is 2.76 bits per heavy atom. The van der Waals surface area contributed by atoms with Gasteiger partial charge in [0.1, 0.15) is 34.8 Å². The summed E-state index contributed by atoms with van der Waals surface area (Å²) in [6.45, 7) is 2.60. The number of aliphatic hydroxyl groups is 1. The van der Waals surface area contributed by atoms with Gasteiger partial charge in [-0.15, -0.1) is 0 Å². The zero-order valence-electron chi connectivity index (χ0n) is 19.0. The van der Waals surface area contributed by atoms with Gasteiger partial charge in [-0.05, 0) is 73.4 Å². The van der Waals surface area contributed by atoms with Crippen LogP contribution in [0.1, 0.15) is 40.7 Å². The molecule has 1 unspecified atom stereocenters. The molecule has 2 aromatic carbocycles. The van der Waals surface area contributed by atoms with Crippen LogP contribution < -0.4 is 9.47 Å². The number of ketones is 1. The summed E-state index contributed by atoms with van der Waals surface area (Å²) in [7, 11) is 1.57. The van der Waals surface area contributed by atoms with E-state index in [1.165, 1.54) is 4.90 Å². The van der Waals surface area contributed by atoms with Gasteiger partial charge in [-0.1, -0.05) is 12.1 Å². The van der Waals surface area contributed by atoms with E-state index in [4.69, 9.17) is 13.9 Å². The third-order valence-corrected chi connectivity index (χ3v) is 6.24. The number of ether oxygens (including phenoxy) is 2. The van der Waals surface area contributed by atoms with E-state index in [-0.39, 0.29) is 17.9 Å². The topological polar surface area (TPSA) is 89.2 Å². The standard InChI is InChI=1S/C27H25NO6/c1-16-8-10-22(34-16)24-23(25(29)19-9-11-21-18(14-19)6-4-12-33-21)26(30)27(31)28(24)15-17-5-3-7-20(13-17)32-2/h3,5,7-11,13-14,24,29H,4,6,12,15H2,1-2H3/b25-23-. The van der Waals surface area contributed by atoms with Crippen molar-refractivity contribution in [2.75, 3.05) is 13.7 Å². The number of likely N-dealkylation sites (tertiary alicyclic amines) is 1. The summed E-state index contributed by atoms with van der Waals surface area (Å²) in [5.74, 6) is 0.836. The van der Waals surface area contributed by atoms with Crippen LogP contribution in [0.5, 0.6) is 11.5 Å². The predicted octanol–water partition coefficient (Wildman–Crippen LogP) is 4.54. The maximum atomic E-state index is 13.2. The van der Waals surface area contributed by atoms with Crippen LogP contribution in [0.2, 0.25) is 0 Å². The third-order valence-electron chi connectivity index (χ3n) is 6.24. The van der Waals surface area contributed by atoms with Crippen LogP contribution in [-0.2, 0) is 22.6 Å². The average Bonchev–Trinajstić information content (AvgIpc) is 3.39. The van der Waals surface area contributed by atoms with Crippen LogP contribution in [0.15, 0.2) is 64.6 Å². The van der Waals surface area contributed by atoms with Crippen molar-refractivity contribution in [3.05, 3.63) is 88.4 Å². The van der Waals surface area contributed by atoms with Crippen molar-refractivity contribution in [1.82, 2.24) is 4.90 Å². The normalized spacial score (nSPS) is 19.1. The second kappa shape index (κ2) is 8.74. The van der Waals surface area contributed by atoms with E-state index in [2.05, 4.69) is 0 Å². The number of Topliss-reactive ketones (excluding diaryl/α,β-unsaturated/α-hetero) is 1. The molecule has 1 saturated heterocycles. The van der Waals surface area contributed by atoms with Crippen LogP contribution in [0.4, 0.5) is 0 Å². The fourth-order valence-corrected chi connectivity index (χ4v) is 4.57. The van der Waals surface area contributed by atoms with Gasteiger partial charge in [0.05, 0.1) is 19.3 Å². The first kappa shape index (κ1) is 21.8. The zero-order valence-corrected chi connectivity index (χ0v) is 19.0. The lowest BCUT2D eigenvalue weighted by molar-refractivity contribution is -0.140. The van der Waals surface area contributed by atoms with Crippen molar-refractivity contribution >= 4 is 17.4 Å². The Morgan fingerprint density at radius 2 is 2.00 bits per heavy atom.